The van der Waals surface area contributed by atoms with E-state index in [1.165, 1.54) is 0 Å². The number of anilines is 1. The van der Waals surface area contributed by atoms with Crippen LogP contribution in [0.2, 0.25) is 5.02 Å². The second kappa shape index (κ2) is 6.94. The molecular formula is C20H18ClN3O2. The molecule has 0 saturated carbocycles. The van der Waals surface area contributed by atoms with E-state index in [4.69, 9.17) is 11.6 Å². The van der Waals surface area contributed by atoms with Crippen molar-refractivity contribution in [2.45, 2.75) is 13.0 Å². The van der Waals surface area contributed by atoms with Crippen LogP contribution in [-0.4, -0.2) is 29.3 Å². The Kier molecular flexibility index (Phi) is 4.49. The molecule has 0 unspecified atom stereocenters. The minimum atomic E-state index is -0.635. The number of nitrogens with zero attached hydrogens (tertiary/aromatic N) is 1. The summed E-state index contributed by atoms with van der Waals surface area (Å²) < 4.78 is 2.15. The van der Waals surface area contributed by atoms with Crippen molar-refractivity contribution in [1.82, 2.24) is 9.88 Å². The monoisotopic (exact) mass is 367 g/mol. The van der Waals surface area contributed by atoms with E-state index in [9.17, 15) is 9.59 Å². The van der Waals surface area contributed by atoms with Crippen molar-refractivity contribution in [3.63, 3.8) is 0 Å². The second-order valence-corrected chi connectivity index (χ2v) is 6.72. The lowest BCUT2D eigenvalue weighted by Crippen LogP contribution is -2.24. The summed E-state index contributed by atoms with van der Waals surface area (Å²) >= 11 is 5.86. The standard InChI is InChI=1S/C20H18ClN3O2/c21-13-5-7-14(8-6-13)23-20(26)19(25)18-15-3-1-2-4-16(15)24-12-11-22-10-9-17(18)24/h1-8,22H,9-12H2,(H,23,26). The number of hydrogen-bond acceptors (Lipinski definition) is 3. The van der Waals surface area contributed by atoms with Gasteiger partial charge in [0.25, 0.3) is 11.7 Å². The van der Waals surface area contributed by atoms with Gasteiger partial charge >= 0.3 is 0 Å². The maximum absolute atomic E-state index is 13.0. The van der Waals surface area contributed by atoms with Crippen LogP contribution in [0.15, 0.2) is 48.5 Å². The third kappa shape index (κ3) is 3.00. The molecule has 26 heavy (non-hydrogen) atoms. The van der Waals surface area contributed by atoms with Gasteiger partial charge in [-0.3, -0.25) is 9.59 Å². The molecule has 1 aromatic heterocycles. The van der Waals surface area contributed by atoms with Gasteiger partial charge in [0, 0.05) is 53.4 Å². The predicted octanol–water partition coefficient (Wildman–Crippen LogP) is 3.26. The molecule has 3 aromatic rings. The average molecular weight is 368 g/mol. The maximum Gasteiger partial charge on any atom is 0.296 e. The summed E-state index contributed by atoms with van der Waals surface area (Å²) in [6.45, 7) is 2.41. The zero-order valence-electron chi connectivity index (χ0n) is 14.1. The SMILES string of the molecule is O=C(Nc1ccc(Cl)cc1)C(=O)c1c2n(c3ccccc13)CCNCC2. The lowest BCUT2D eigenvalue weighted by Gasteiger charge is -2.08. The van der Waals surface area contributed by atoms with Crippen LogP contribution in [-0.2, 0) is 17.8 Å². The Morgan fingerprint density at radius 1 is 1.04 bits per heavy atom. The van der Waals surface area contributed by atoms with E-state index in [0.29, 0.717) is 22.7 Å². The van der Waals surface area contributed by atoms with Crippen molar-refractivity contribution < 1.29 is 9.59 Å². The summed E-state index contributed by atoms with van der Waals surface area (Å²) in [5.41, 5.74) is 2.97. The molecule has 5 nitrogen and oxygen atoms in total. The third-order valence-electron chi connectivity index (χ3n) is 4.66. The van der Waals surface area contributed by atoms with Crippen molar-refractivity contribution in [3.05, 3.63) is 64.8 Å². The van der Waals surface area contributed by atoms with Crippen molar-refractivity contribution in [2.24, 2.45) is 0 Å². The highest BCUT2D eigenvalue weighted by Crippen LogP contribution is 2.28. The number of para-hydroxylation sites is 1. The van der Waals surface area contributed by atoms with E-state index >= 15 is 0 Å². The van der Waals surface area contributed by atoms with Crippen LogP contribution in [0.5, 0.6) is 0 Å². The van der Waals surface area contributed by atoms with E-state index in [-0.39, 0.29) is 0 Å². The number of amides is 1. The lowest BCUT2D eigenvalue weighted by molar-refractivity contribution is -0.112. The van der Waals surface area contributed by atoms with Crippen LogP contribution in [0.1, 0.15) is 16.1 Å². The van der Waals surface area contributed by atoms with Gasteiger partial charge in [-0.05, 0) is 30.3 Å². The van der Waals surface area contributed by atoms with E-state index in [1.807, 2.05) is 24.3 Å². The van der Waals surface area contributed by atoms with Gasteiger partial charge in [-0.1, -0.05) is 29.8 Å². The second-order valence-electron chi connectivity index (χ2n) is 6.28. The Balaban J connectivity index is 1.73. The Bertz CT molecular complexity index is 992. The molecule has 2 aromatic carbocycles. The molecule has 6 heteroatoms. The van der Waals surface area contributed by atoms with Gasteiger partial charge in [-0.25, -0.2) is 0 Å². The predicted molar refractivity (Wildman–Crippen MR) is 103 cm³/mol. The van der Waals surface area contributed by atoms with Gasteiger partial charge in [0.05, 0.1) is 5.56 Å². The van der Waals surface area contributed by atoms with E-state index in [0.717, 1.165) is 36.2 Å². The van der Waals surface area contributed by atoms with E-state index in [1.54, 1.807) is 24.3 Å². The number of carbonyl (C=O) groups is 2. The van der Waals surface area contributed by atoms with Gasteiger partial charge in [-0.2, -0.15) is 0 Å². The fraction of sp³-hybridized carbons (Fsp3) is 0.200. The molecule has 1 amide bonds. The van der Waals surface area contributed by atoms with Crippen molar-refractivity contribution >= 4 is 39.9 Å². The van der Waals surface area contributed by atoms with Gasteiger partial charge in [0.1, 0.15) is 0 Å². The van der Waals surface area contributed by atoms with Crippen molar-refractivity contribution in [2.75, 3.05) is 18.4 Å². The maximum atomic E-state index is 13.0. The molecule has 0 saturated heterocycles. The number of hydrogen-bond donors (Lipinski definition) is 2. The highest BCUT2D eigenvalue weighted by molar-refractivity contribution is 6.48. The number of benzene rings is 2. The van der Waals surface area contributed by atoms with Crippen molar-refractivity contribution in [1.29, 1.82) is 0 Å². The summed E-state index contributed by atoms with van der Waals surface area (Å²) in [5, 5.41) is 7.42. The Morgan fingerprint density at radius 3 is 2.62 bits per heavy atom. The first-order valence-corrected chi connectivity index (χ1v) is 8.95. The molecule has 0 radical (unpaired) electrons. The number of Topliss-reactive ketones (excluding diaryl/α,β-unsaturated/α-hetero) is 1. The van der Waals surface area contributed by atoms with Crippen LogP contribution in [0.4, 0.5) is 5.69 Å². The molecule has 1 aliphatic heterocycles. The first-order chi connectivity index (χ1) is 12.6. The van der Waals surface area contributed by atoms with Gasteiger partial charge in [0.15, 0.2) is 0 Å². The van der Waals surface area contributed by atoms with Gasteiger partial charge in [-0.15, -0.1) is 0 Å². The Morgan fingerprint density at radius 2 is 1.81 bits per heavy atom. The number of rotatable bonds is 3. The average Bonchev–Trinajstić information content (AvgIpc) is 2.79. The van der Waals surface area contributed by atoms with Crippen LogP contribution >= 0.6 is 11.6 Å². The molecule has 0 fully saturated rings. The quantitative estimate of drug-likeness (QED) is 0.551. The number of nitrogens with one attached hydrogen (secondary N) is 2. The molecule has 2 N–H and O–H groups in total. The molecule has 2 heterocycles. The smallest absolute Gasteiger partial charge is 0.296 e. The fourth-order valence-electron chi connectivity index (χ4n) is 3.48. The Hall–Kier alpha value is -2.63. The number of fused-ring (bicyclic) bond motifs is 3. The molecule has 0 aliphatic carbocycles. The third-order valence-corrected chi connectivity index (χ3v) is 4.92. The van der Waals surface area contributed by atoms with Crippen LogP contribution in [0.25, 0.3) is 10.9 Å². The normalized spacial score (nSPS) is 13.9. The van der Waals surface area contributed by atoms with Crippen molar-refractivity contribution in [3.8, 4) is 0 Å². The fourth-order valence-corrected chi connectivity index (χ4v) is 3.61. The minimum absolute atomic E-state index is 0.508. The van der Waals surface area contributed by atoms with Gasteiger partial charge < -0.3 is 15.2 Å². The summed E-state index contributed by atoms with van der Waals surface area (Å²) in [5.74, 6) is -1.14. The largest absolute Gasteiger partial charge is 0.343 e. The first-order valence-electron chi connectivity index (χ1n) is 8.57. The molecule has 4 rings (SSSR count). The molecule has 0 spiro atoms. The minimum Gasteiger partial charge on any atom is -0.343 e. The van der Waals surface area contributed by atoms with E-state index < -0.39 is 11.7 Å². The Labute approximate surface area is 155 Å². The summed E-state index contributed by atoms with van der Waals surface area (Å²) in [6, 6.07) is 14.5. The number of carbonyl (C=O) groups excluding carboxylic acids is 2. The topological polar surface area (TPSA) is 63.1 Å². The van der Waals surface area contributed by atoms with Crippen LogP contribution in [0, 0.1) is 0 Å². The number of aromatic nitrogens is 1. The molecule has 0 bridgehead atoms. The highest BCUT2D eigenvalue weighted by atomic mass is 35.5. The lowest BCUT2D eigenvalue weighted by atomic mass is 10.0. The summed E-state index contributed by atoms with van der Waals surface area (Å²) in [4.78, 5) is 25.6. The molecule has 0 atom stereocenters. The summed E-state index contributed by atoms with van der Waals surface area (Å²) in [6.07, 6.45) is 0.712. The van der Waals surface area contributed by atoms with Crippen LogP contribution in [0.3, 0.4) is 0 Å². The molecule has 132 valence electrons. The highest BCUT2D eigenvalue weighted by Gasteiger charge is 2.27. The first kappa shape index (κ1) is 16.8. The zero-order valence-corrected chi connectivity index (χ0v) is 14.8. The number of halogens is 1. The van der Waals surface area contributed by atoms with Gasteiger partial charge in [0.2, 0.25) is 0 Å². The summed E-state index contributed by atoms with van der Waals surface area (Å²) in [7, 11) is 0. The van der Waals surface area contributed by atoms with E-state index in [2.05, 4.69) is 15.2 Å². The number of ketones is 1. The molecular weight excluding hydrogens is 350 g/mol. The molecule has 1 aliphatic rings. The van der Waals surface area contributed by atoms with Crippen LogP contribution < -0.4 is 10.6 Å². The zero-order chi connectivity index (χ0) is 18.1.